The molecule has 9 heteroatoms. The summed E-state index contributed by atoms with van der Waals surface area (Å²) in [7, 11) is 1.62. The second-order valence-corrected chi connectivity index (χ2v) is 7.46. The molecule has 2 heterocycles. The molecule has 1 aromatic heterocycles. The Morgan fingerprint density at radius 1 is 1.26 bits per heavy atom. The molecule has 0 bridgehead atoms. The zero-order valence-corrected chi connectivity index (χ0v) is 15.2. The highest BCUT2D eigenvalue weighted by Crippen LogP contribution is 2.28. The molecule has 128 valence electrons. The molecule has 0 aliphatic carbocycles. The van der Waals surface area contributed by atoms with E-state index in [1.54, 1.807) is 7.05 Å². The molecule has 0 spiro atoms. The Balaban J connectivity index is 1.80. The second-order valence-electron chi connectivity index (χ2n) is 5.28. The highest BCUT2D eigenvalue weighted by Gasteiger charge is 2.23. The molecule has 1 saturated heterocycles. The fourth-order valence-corrected chi connectivity index (χ4v) is 3.99. The monoisotopic (exact) mass is 357 g/mol. The highest BCUT2D eigenvalue weighted by molar-refractivity contribution is 8.01. The lowest BCUT2D eigenvalue weighted by Gasteiger charge is -2.34. The first-order valence-corrected chi connectivity index (χ1v) is 9.63. The summed E-state index contributed by atoms with van der Waals surface area (Å²) in [5.74, 6) is 0.585. The Labute approximate surface area is 144 Å². The maximum absolute atomic E-state index is 12.0. The zero-order valence-electron chi connectivity index (χ0n) is 13.6. The first-order chi connectivity index (χ1) is 11.1. The van der Waals surface area contributed by atoms with Crippen LogP contribution in [-0.2, 0) is 9.59 Å². The van der Waals surface area contributed by atoms with Crippen LogP contribution in [0.3, 0.4) is 0 Å². The van der Waals surface area contributed by atoms with E-state index < -0.39 is 0 Å². The number of rotatable bonds is 7. The average Bonchev–Trinajstić information content (AvgIpc) is 3.06. The molecule has 0 unspecified atom stereocenters. The van der Waals surface area contributed by atoms with E-state index in [1.165, 1.54) is 23.1 Å². The predicted octanol–water partition coefficient (Wildman–Crippen LogP) is 1.21. The van der Waals surface area contributed by atoms with Crippen molar-refractivity contribution in [2.75, 3.05) is 43.9 Å². The number of hydrogen-bond donors (Lipinski definition) is 1. The van der Waals surface area contributed by atoms with Crippen molar-refractivity contribution >= 4 is 40.0 Å². The third kappa shape index (κ3) is 5.35. The van der Waals surface area contributed by atoms with Crippen LogP contribution in [0.15, 0.2) is 4.34 Å². The van der Waals surface area contributed by atoms with Crippen LogP contribution in [-0.4, -0.2) is 65.9 Å². The summed E-state index contributed by atoms with van der Waals surface area (Å²) in [6, 6.07) is 0. The topological polar surface area (TPSA) is 78.4 Å². The van der Waals surface area contributed by atoms with Crippen LogP contribution in [0.2, 0.25) is 0 Å². The summed E-state index contributed by atoms with van der Waals surface area (Å²) in [5.41, 5.74) is 0. The van der Waals surface area contributed by atoms with Crippen molar-refractivity contribution in [1.82, 2.24) is 20.4 Å². The van der Waals surface area contributed by atoms with Gasteiger partial charge < -0.3 is 15.1 Å². The number of anilines is 1. The van der Waals surface area contributed by atoms with Gasteiger partial charge in [-0.2, -0.15) is 0 Å². The number of unbranched alkanes of at least 4 members (excludes halogenated alkanes) is 1. The van der Waals surface area contributed by atoms with E-state index in [1.807, 2.05) is 4.90 Å². The number of hydrogen-bond acceptors (Lipinski definition) is 7. The van der Waals surface area contributed by atoms with Crippen LogP contribution in [0.25, 0.3) is 0 Å². The normalized spacial score (nSPS) is 14.9. The summed E-state index contributed by atoms with van der Waals surface area (Å²) in [6.45, 7) is 5.14. The Bertz CT molecular complexity index is 529. The van der Waals surface area contributed by atoms with Gasteiger partial charge >= 0.3 is 0 Å². The number of aromatic nitrogens is 2. The highest BCUT2D eigenvalue weighted by atomic mass is 32.2. The molecule has 0 saturated carbocycles. The fraction of sp³-hybridized carbons (Fsp3) is 0.714. The number of thioether (sulfide) groups is 1. The van der Waals surface area contributed by atoms with Crippen molar-refractivity contribution in [2.45, 2.75) is 30.5 Å². The quantitative estimate of drug-likeness (QED) is 0.739. The minimum Gasteiger partial charge on any atom is -0.358 e. The van der Waals surface area contributed by atoms with Gasteiger partial charge in [-0.05, 0) is 6.42 Å². The van der Waals surface area contributed by atoms with E-state index >= 15 is 0 Å². The van der Waals surface area contributed by atoms with Crippen molar-refractivity contribution in [3.63, 3.8) is 0 Å². The molecule has 1 fully saturated rings. The van der Waals surface area contributed by atoms with Crippen LogP contribution >= 0.6 is 23.1 Å². The molecule has 1 aliphatic rings. The first-order valence-electron chi connectivity index (χ1n) is 7.83. The molecule has 0 radical (unpaired) electrons. The Morgan fingerprint density at radius 3 is 2.65 bits per heavy atom. The molecule has 1 aliphatic heterocycles. The standard InChI is InChI=1S/C14H23N5O2S2/c1-3-4-5-12(21)18-6-8-19(9-7-18)13-16-17-14(23-13)22-10-11(20)15-2/h3-10H2,1-2H3,(H,15,20). The minimum absolute atomic E-state index is 0.0223. The van der Waals surface area contributed by atoms with E-state index in [2.05, 4.69) is 27.3 Å². The summed E-state index contributed by atoms with van der Waals surface area (Å²) in [6.07, 6.45) is 2.66. The van der Waals surface area contributed by atoms with Crippen LogP contribution in [0.1, 0.15) is 26.2 Å². The van der Waals surface area contributed by atoms with E-state index in [0.29, 0.717) is 12.2 Å². The number of nitrogens with one attached hydrogen (secondary N) is 1. The number of piperazine rings is 1. The lowest BCUT2D eigenvalue weighted by atomic mass is 10.2. The van der Waals surface area contributed by atoms with Gasteiger partial charge in [0.15, 0.2) is 4.34 Å². The first kappa shape index (κ1) is 18.0. The molecule has 23 heavy (non-hydrogen) atoms. The van der Waals surface area contributed by atoms with E-state index in [4.69, 9.17) is 0 Å². The number of carbonyl (C=O) groups is 2. The van der Waals surface area contributed by atoms with Crippen molar-refractivity contribution in [3.05, 3.63) is 0 Å². The Hall–Kier alpha value is -1.35. The summed E-state index contributed by atoms with van der Waals surface area (Å²) < 4.78 is 0.796. The number of nitrogens with zero attached hydrogens (tertiary/aromatic N) is 4. The van der Waals surface area contributed by atoms with Crippen molar-refractivity contribution in [1.29, 1.82) is 0 Å². The number of amides is 2. The molecule has 0 aromatic carbocycles. The zero-order chi connectivity index (χ0) is 16.7. The van der Waals surface area contributed by atoms with Gasteiger partial charge in [-0.25, -0.2) is 0 Å². The molecule has 0 atom stereocenters. The summed E-state index contributed by atoms with van der Waals surface area (Å²) in [5, 5.41) is 11.8. The third-order valence-electron chi connectivity index (χ3n) is 3.65. The molecule has 1 aromatic rings. The molecular formula is C14H23N5O2S2. The average molecular weight is 358 g/mol. The van der Waals surface area contributed by atoms with Crippen LogP contribution < -0.4 is 10.2 Å². The predicted molar refractivity (Wildman–Crippen MR) is 93.0 cm³/mol. The summed E-state index contributed by atoms with van der Waals surface area (Å²) in [4.78, 5) is 27.4. The Morgan fingerprint density at radius 2 is 2.00 bits per heavy atom. The molecular weight excluding hydrogens is 334 g/mol. The van der Waals surface area contributed by atoms with Crippen LogP contribution in [0.4, 0.5) is 5.13 Å². The van der Waals surface area contributed by atoms with Crippen molar-refractivity contribution < 1.29 is 9.59 Å². The largest absolute Gasteiger partial charge is 0.358 e. The van der Waals surface area contributed by atoms with Gasteiger partial charge in [0.05, 0.1) is 5.75 Å². The Kier molecular flexibility index (Phi) is 7.10. The van der Waals surface area contributed by atoms with Crippen LogP contribution in [0, 0.1) is 0 Å². The maximum Gasteiger partial charge on any atom is 0.230 e. The third-order valence-corrected chi connectivity index (χ3v) is 5.77. The van der Waals surface area contributed by atoms with Gasteiger partial charge in [-0.1, -0.05) is 36.4 Å². The smallest absolute Gasteiger partial charge is 0.230 e. The second kappa shape index (κ2) is 9.07. The van der Waals surface area contributed by atoms with Gasteiger partial charge in [0.2, 0.25) is 16.9 Å². The van der Waals surface area contributed by atoms with Crippen molar-refractivity contribution in [3.8, 4) is 0 Å². The molecule has 1 N–H and O–H groups in total. The summed E-state index contributed by atoms with van der Waals surface area (Å²) >= 11 is 2.89. The minimum atomic E-state index is -0.0223. The van der Waals surface area contributed by atoms with E-state index in [0.717, 1.165) is 48.5 Å². The maximum atomic E-state index is 12.0. The van der Waals surface area contributed by atoms with Gasteiger partial charge in [-0.3, -0.25) is 9.59 Å². The van der Waals surface area contributed by atoms with Crippen LogP contribution in [0.5, 0.6) is 0 Å². The van der Waals surface area contributed by atoms with Gasteiger partial charge in [-0.15, -0.1) is 10.2 Å². The van der Waals surface area contributed by atoms with Gasteiger partial charge in [0.25, 0.3) is 0 Å². The molecule has 7 nitrogen and oxygen atoms in total. The van der Waals surface area contributed by atoms with Gasteiger partial charge in [0.1, 0.15) is 0 Å². The molecule has 2 amide bonds. The van der Waals surface area contributed by atoms with E-state index in [9.17, 15) is 9.59 Å². The SMILES string of the molecule is CCCCC(=O)N1CCN(c2nnc(SCC(=O)NC)s2)CC1. The fourth-order valence-electron chi connectivity index (χ4n) is 2.22. The molecule has 2 rings (SSSR count). The van der Waals surface area contributed by atoms with E-state index in [-0.39, 0.29) is 11.8 Å². The van der Waals surface area contributed by atoms with Gasteiger partial charge in [0, 0.05) is 39.6 Å². The lowest BCUT2D eigenvalue weighted by Crippen LogP contribution is -2.48. The number of carbonyl (C=O) groups excluding carboxylic acids is 2. The lowest BCUT2D eigenvalue weighted by molar-refractivity contribution is -0.131. The van der Waals surface area contributed by atoms with Crippen molar-refractivity contribution in [2.24, 2.45) is 0 Å².